The van der Waals surface area contributed by atoms with Crippen molar-refractivity contribution in [3.8, 4) is 11.6 Å². The van der Waals surface area contributed by atoms with Crippen LogP contribution in [0.2, 0.25) is 0 Å². The molecule has 0 radical (unpaired) electrons. The van der Waals surface area contributed by atoms with E-state index in [0.29, 0.717) is 22.2 Å². The molecule has 2 heterocycles. The van der Waals surface area contributed by atoms with Gasteiger partial charge in [0, 0.05) is 22.7 Å². The quantitative estimate of drug-likeness (QED) is 0.576. The summed E-state index contributed by atoms with van der Waals surface area (Å²) in [5.41, 5.74) is 7.25. The predicted molar refractivity (Wildman–Crippen MR) is 112 cm³/mol. The number of nitrogens with zero attached hydrogens (tertiary/aromatic N) is 2. The fraction of sp³-hybridized carbons (Fsp3) is 0.227. The standard InChI is InChI=1S/C22H21F2N3OS/c1-22(2,3)14-7-4-5-9-17(14)28-20-16(8-6-10-26-20)27-19-15(24)11-13(23)12-18(19)29-21(27)25/h4-12,21H,25H2,1-3H3. The minimum Gasteiger partial charge on any atom is -0.437 e. The second kappa shape index (κ2) is 7.31. The molecule has 150 valence electrons. The van der Waals surface area contributed by atoms with Crippen LogP contribution in [0.5, 0.6) is 11.6 Å². The molecule has 0 saturated heterocycles. The zero-order valence-electron chi connectivity index (χ0n) is 16.3. The number of nitrogens with two attached hydrogens (primary N) is 1. The average molecular weight is 413 g/mol. The van der Waals surface area contributed by atoms with E-state index in [-0.39, 0.29) is 11.1 Å². The topological polar surface area (TPSA) is 51.4 Å². The van der Waals surface area contributed by atoms with Gasteiger partial charge >= 0.3 is 0 Å². The number of thioether (sulfide) groups is 1. The number of ether oxygens (including phenoxy) is 1. The highest BCUT2D eigenvalue weighted by Gasteiger charge is 2.34. The van der Waals surface area contributed by atoms with Gasteiger partial charge in [0.05, 0.1) is 5.69 Å². The maximum atomic E-state index is 14.6. The van der Waals surface area contributed by atoms with Crippen LogP contribution in [0.25, 0.3) is 0 Å². The van der Waals surface area contributed by atoms with Gasteiger partial charge in [-0.15, -0.1) is 0 Å². The summed E-state index contributed by atoms with van der Waals surface area (Å²) in [7, 11) is 0. The van der Waals surface area contributed by atoms with Crippen LogP contribution in [-0.4, -0.2) is 10.5 Å². The highest BCUT2D eigenvalue weighted by atomic mass is 32.2. The predicted octanol–water partition coefficient (Wildman–Crippen LogP) is 5.94. The van der Waals surface area contributed by atoms with Gasteiger partial charge in [-0.3, -0.25) is 0 Å². The Bertz CT molecular complexity index is 1070. The van der Waals surface area contributed by atoms with Crippen molar-refractivity contribution in [2.24, 2.45) is 5.73 Å². The Balaban J connectivity index is 1.79. The lowest BCUT2D eigenvalue weighted by Crippen LogP contribution is -2.32. The van der Waals surface area contributed by atoms with Gasteiger partial charge in [0.15, 0.2) is 5.82 Å². The maximum absolute atomic E-state index is 14.6. The molecule has 2 aromatic carbocycles. The van der Waals surface area contributed by atoms with E-state index in [2.05, 4.69) is 25.8 Å². The van der Waals surface area contributed by atoms with Crippen molar-refractivity contribution < 1.29 is 13.5 Å². The number of aromatic nitrogens is 1. The number of para-hydroxylation sites is 1. The molecule has 0 saturated carbocycles. The van der Waals surface area contributed by atoms with Gasteiger partial charge < -0.3 is 15.4 Å². The van der Waals surface area contributed by atoms with Crippen molar-refractivity contribution in [3.63, 3.8) is 0 Å². The summed E-state index contributed by atoms with van der Waals surface area (Å²) in [5.74, 6) is -0.341. The van der Waals surface area contributed by atoms with Crippen LogP contribution in [0.1, 0.15) is 26.3 Å². The normalized spacial score (nSPS) is 16.1. The largest absolute Gasteiger partial charge is 0.437 e. The molecular formula is C22H21F2N3OS. The lowest BCUT2D eigenvalue weighted by Gasteiger charge is -2.27. The number of anilines is 2. The molecule has 3 aromatic rings. The zero-order chi connectivity index (χ0) is 20.8. The summed E-state index contributed by atoms with van der Waals surface area (Å²) in [6.45, 7) is 6.30. The Kier molecular flexibility index (Phi) is 4.96. The summed E-state index contributed by atoms with van der Waals surface area (Å²) in [6, 6.07) is 13.4. The number of fused-ring (bicyclic) bond motifs is 1. The molecule has 1 unspecified atom stereocenters. The molecule has 0 fully saturated rings. The first-order valence-corrected chi connectivity index (χ1v) is 10.1. The summed E-state index contributed by atoms with van der Waals surface area (Å²) in [5, 5.41) is 0. The van der Waals surface area contributed by atoms with Crippen LogP contribution < -0.4 is 15.4 Å². The number of rotatable bonds is 3. The van der Waals surface area contributed by atoms with E-state index in [1.54, 1.807) is 23.2 Å². The molecule has 7 heteroatoms. The number of hydrogen-bond donors (Lipinski definition) is 1. The van der Waals surface area contributed by atoms with E-state index in [9.17, 15) is 8.78 Å². The molecule has 1 aromatic heterocycles. The van der Waals surface area contributed by atoms with Gasteiger partial charge in [0.2, 0.25) is 5.88 Å². The van der Waals surface area contributed by atoms with Gasteiger partial charge in [-0.2, -0.15) is 0 Å². The number of benzene rings is 2. The van der Waals surface area contributed by atoms with Gasteiger partial charge in [-0.1, -0.05) is 50.7 Å². The first-order chi connectivity index (χ1) is 13.8. The van der Waals surface area contributed by atoms with Crippen molar-refractivity contribution in [1.82, 2.24) is 4.98 Å². The van der Waals surface area contributed by atoms with Crippen LogP contribution in [-0.2, 0) is 5.41 Å². The van der Waals surface area contributed by atoms with Crippen LogP contribution in [0.4, 0.5) is 20.2 Å². The molecule has 0 bridgehead atoms. The van der Waals surface area contributed by atoms with Crippen LogP contribution in [0.15, 0.2) is 59.6 Å². The second-order valence-corrected chi connectivity index (χ2v) is 8.95. The molecule has 0 spiro atoms. The molecule has 0 amide bonds. The minimum absolute atomic E-state index is 0.137. The molecule has 2 N–H and O–H groups in total. The van der Waals surface area contributed by atoms with E-state index < -0.39 is 17.1 Å². The average Bonchev–Trinajstić information content (AvgIpc) is 2.97. The number of halogens is 2. The van der Waals surface area contributed by atoms with E-state index in [1.807, 2.05) is 24.3 Å². The van der Waals surface area contributed by atoms with Gasteiger partial charge in [0.25, 0.3) is 0 Å². The number of hydrogen-bond acceptors (Lipinski definition) is 5. The van der Waals surface area contributed by atoms with Gasteiger partial charge in [-0.25, -0.2) is 13.8 Å². The van der Waals surface area contributed by atoms with Crippen LogP contribution in [0, 0.1) is 11.6 Å². The van der Waals surface area contributed by atoms with E-state index >= 15 is 0 Å². The van der Waals surface area contributed by atoms with E-state index in [1.165, 1.54) is 17.8 Å². The van der Waals surface area contributed by atoms with E-state index in [0.717, 1.165) is 11.6 Å². The highest BCUT2D eigenvalue weighted by molar-refractivity contribution is 8.00. The lowest BCUT2D eigenvalue weighted by atomic mass is 9.86. The molecule has 4 nitrogen and oxygen atoms in total. The summed E-state index contributed by atoms with van der Waals surface area (Å²) < 4.78 is 34.5. The third-order valence-electron chi connectivity index (χ3n) is 4.65. The van der Waals surface area contributed by atoms with Crippen molar-refractivity contribution in [1.29, 1.82) is 0 Å². The molecule has 1 atom stereocenters. The lowest BCUT2D eigenvalue weighted by molar-refractivity contribution is 0.440. The van der Waals surface area contributed by atoms with Crippen molar-refractivity contribution in [3.05, 3.63) is 71.9 Å². The monoisotopic (exact) mass is 413 g/mol. The molecule has 29 heavy (non-hydrogen) atoms. The van der Waals surface area contributed by atoms with Gasteiger partial charge in [-0.05, 0) is 29.7 Å². The summed E-state index contributed by atoms with van der Waals surface area (Å²) in [6.07, 6.45) is 1.61. The third kappa shape index (κ3) is 3.68. The van der Waals surface area contributed by atoms with Crippen molar-refractivity contribution in [2.75, 3.05) is 4.90 Å². The van der Waals surface area contributed by atoms with Crippen LogP contribution in [0.3, 0.4) is 0 Å². The van der Waals surface area contributed by atoms with E-state index in [4.69, 9.17) is 10.5 Å². The Morgan fingerprint density at radius 1 is 1.10 bits per heavy atom. The fourth-order valence-corrected chi connectivity index (χ4v) is 4.43. The van der Waals surface area contributed by atoms with Crippen molar-refractivity contribution >= 4 is 23.1 Å². The fourth-order valence-electron chi connectivity index (χ4n) is 3.36. The molecule has 1 aliphatic heterocycles. The summed E-state index contributed by atoms with van der Waals surface area (Å²) in [4.78, 5) is 6.41. The zero-order valence-corrected chi connectivity index (χ0v) is 17.1. The maximum Gasteiger partial charge on any atom is 0.243 e. The first-order valence-electron chi connectivity index (χ1n) is 9.18. The minimum atomic E-state index is -0.676. The summed E-state index contributed by atoms with van der Waals surface area (Å²) >= 11 is 1.19. The molecule has 4 rings (SSSR count). The number of pyridine rings is 1. The smallest absolute Gasteiger partial charge is 0.243 e. The second-order valence-electron chi connectivity index (χ2n) is 7.79. The molecular weight excluding hydrogens is 392 g/mol. The molecule has 1 aliphatic rings. The Morgan fingerprint density at radius 3 is 2.62 bits per heavy atom. The van der Waals surface area contributed by atoms with Crippen molar-refractivity contribution in [2.45, 2.75) is 36.6 Å². The Hall–Kier alpha value is -2.64. The van der Waals surface area contributed by atoms with Crippen LogP contribution >= 0.6 is 11.8 Å². The Morgan fingerprint density at radius 2 is 1.86 bits per heavy atom. The first kappa shape index (κ1) is 19.7. The van der Waals surface area contributed by atoms with Gasteiger partial charge in [0.1, 0.15) is 22.8 Å². The SMILES string of the molecule is CC(C)(C)c1ccccc1Oc1ncccc1N1c2c(F)cc(F)cc2SC1N. The Labute approximate surface area is 172 Å². The molecule has 0 aliphatic carbocycles. The highest BCUT2D eigenvalue weighted by Crippen LogP contribution is 2.49. The third-order valence-corrected chi connectivity index (χ3v) is 5.67.